The summed E-state index contributed by atoms with van der Waals surface area (Å²) in [5, 5.41) is 0. The molecule has 0 aromatic carbocycles. The van der Waals surface area contributed by atoms with Gasteiger partial charge in [0.1, 0.15) is 0 Å². The maximum absolute atomic E-state index is 11.5. The number of Topliss-reactive ketones (excluding diaryl/α,β-unsaturated/α-hetero) is 1. The highest BCUT2D eigenvalue weighted by molar-refractivity contribution is 5.93. The van der Waals surface area contributed by atoms with Gasteiger partial charge in [-0.15, -0.1) is 0 Å². The van der Waals surface area contributed by atoms with Gasteiger partial charge in [0.25, 0.3) is 0 Å². The van der Waals surface area contributed by atoms with Gasteiger partial charge in [-0.05, 0) is 31.4 Å². The van der Waals surface area contributed by atoms with Gasteiger partial charge in [-0.2, -0.15) is 0 Å². The number of ether oxygens (including phenoxy) is 1. The Kier molecular flexibility index (Phi) is 3.96. The van der Waals surface area contributed by atoms with Gasteiger partial charge in [0.2, 0.25) is 0 Å². The maximum atomic E-state index is 11.5. The average Bonchev–Trinajstić information content (AvgIpc) is 2.19. The van der Waals surface area contributed by atoms with Crippen molar-refractivity contribution in [1.82, 2.24) is 0 Å². The molecule has 2 N–H and O–H groups in total. The Morgan fingerprint density at radius 1 is 1.77 bits per heavy atom. The summed E-state index contributed by atoms with van der Waals surface area (Å²) in [6, 6.07) is 0. The van der Waals surface area contributed by atoms with Gasteiger partial charge in [-0.25, -0.2) is 0 Å². The molecule has 0 radical (unpaired) electrons. The summed E-state index contributed by atoms with van der Waals surface area (Å²) in [6.07, 6.45) is 4.36. The van der Waals surface area contributed by atoms with Crippen molar-refractivity contribution < 1.29 is 9.53 Å². The lowest BCUT2D eigenvalue weighted by molar-refractivity contribution is -0.119. The zero-order valence-corrected chi connectivity index (χ0v) is 8.08. The fourth-order valence-electron chi connectivity index (χ4n) is 1.25. The van der Waals surface area contributed by atoms with E-state index in [0.29, 0.717) is 25.3 Å². The number of rotatable bonds is 4. The Labute approximate surface area is 78.9 Å². The van der Waals surface area contributed by atoms with E-state index >= 15 is 0 Å². The molecule has 1 aliphatic heterocycles. The number of ketones is 1. The second-order valence-corrected chi connectivity index (χ2v) is 3.53. The van der Waals surface area contributed by atoms with Gasteiger partial charge >= 0.3 is 0 Å². The average molecular weight is 183 g/mol. The number of hydrogen-bond acceptors (Lipinski definition) is 3. The zero-order valence-electron chi connectivity index (χ0n) is 8.08. The third-order valence-electron chi connectivity index (χ3n) is 2.15. The monoisotopic (exact) mass is 183 g/mol. The lowest BCUT2D eigenvalue weighted by Gasteiger charge is -2.15. The summed E-state index contributed by atoms with van der Waals surface area (Å²) in [5.41, 5.74) is 5.44. The molecular formula is C10H17NO2. The van der Waals surface area contributed by atoms with Crippen molar-refractivity contribution in [1.29, 1.82) is 0 Å². The molecule has 3 heteroatoms. The molecule has 0 amide bonds. The van der Waals surface area contributed by atoms with E-state index in [0.717, 1.165) is 12.8 Å². The minimum atomic E-state index is 0.0950. The van der Waals surface area contributed by atoms with E-state index in [4.69, 9.17) is 10.5 Å². The standard InChI is InChI=1S/C10H17NO2/c1-8(7-11)6-9(12)10-4-2-3-5-13-10/h4,8H,2-3,5-7,11H2,1H3. The second-order valence-electron chi connectivity index (χ2n) is 3.53. The Morgan fingerprint density at radius 2 is 2.54 bits per heavy atom. The van der Waals surface area contributed by atoms with Crippen molar-refractivity contribution in [2.45, 2.75) is 26.2 Å². The van der Waals surface area contributed by atoms with E-state index < -0.39 is 0 Å². The molecule has 1 rings (SSSR count). The molecular weight excluding hydrogens is 166 g/mol. The third kappa shape index (κ3) is 3.19. The molecule has 3 nitrogen and oxygen atoms in total. The number of nitrogens with two attached hydrogens (primary N) is 1. The quantitative estimate of drug-likeness (QED) is 0.713. The maximum Gasteiger partial charge on any atom is 0.197 e. The highest BCUT2D eigenvalue weighted by Crippen LogP contribution is 2.14. The fraction of sp³-hybridized carbons (Fsp3) is 0.700. The Balaban J connectivity index is 2.42. The number of carbonyl (C=O) groups is 1. The van der Waals surface area contributed by atoms with Crippen LogP contribution in [0.2, 0.25) is 0 Å². The van der Waals surface area contributed by atoms with E-state index in [1.54, 1.807) is 0 Å². The number of allylic oxidation sites excluding steroid dienone is 2. The van der Waals surface area contributed by atoms with Crippen LogP contribution in [-0.4, -0.2) is 18.9 Å². The summed E-state index contributed by atoms with van der Waals surface area (Å²) in [4.78, 5) is 11.5. The molecule has 1 unspecified atom stereocenters. The predicted molar refractivity (Wildman–Crippen MR) is 51.1 cm³/mol. The molecule has 0 bridgehead atoms. The van der Waals surface area contributed by atoms with E-state index in [2.05, 4.69) is 0 Å². The first-order valence-corrected chi connectivity index (χ1v) is 4.80. The van der Waals surface area contributed by atoms with E-state index in [-0.39, 0.29) is 11.7 Å². The summed E-state index contributed by atoms with van der Waals surface area (Å²) >= 11 is 0. The highest BCUT2D eigenvalue weighted by atomic mass is 16.5. The van der Waals surface area contributed by atoms with E-state index in [1.165, 1.54) is 0 Å². The van der Waals surface area contributed by atoms with E-state index in [9.17, 15) is 4.79 Å². The molecule has 0 aromatic rings. The second kappa shape index (κ2) is 5.02. The van der Waals surface area contributed by atoms with Gasteiger partial charge in [-0.1, -0.05) is 6.92 Å². The minimum Gasteiger partial charge on any atom is -0.490 e. The molecule has 1 heterocycles. The van der Waals surface area contributed by atoms with Crippen LogP contribution in [0.4, 0.5) is 0 Å². The molecule has 1 atom stereocenters. The fourth-order valence-corrected chi connectivity index (χ4v) is 1.25. The molecule has 13 heavy (non-hydrogen) atoms. The first-order chi connectivity index (χ1) is 6.24. The van der Waals surface area contributed by atoms with Crippen LogP contribution in [0.1, 0.15) is 26.2 Å². The molecule has 0 saturated heterocycles. The number of carbonyl (C=O) groups excluding carboxylic acids is 1. The molecule has 0 aliphatic carbocycles. The highest BCUT2D eigenvalue weighted by Gasteiger charge is 2.15. The first kappa shape index (κ1) is 10.3. The summed E-state index contributed by atoms with van der Waals surface area (Å²) in [7, 11) is 0. The predicted octanol–water partition coefficient (Wildman–Crippen LogP) is 1.23. The molecule has 0 saturated carbocycles. The largest absolute Gasteiger partial charge is 0.490 e. The van der Waals surface area contributed by atoms with Crippen LogP contribution in [0.15, 0.2) is 11.8 Å². The molecule has 0 fully saturated rings. The van der Waals surface area contributed by atoms with Crippen LogP contribution < -0.4 is 5.73 Å². The Bertz CT molecular complexity index is 211. The Morgan fingerprint density at radius 3 is 3.08 bits per heavy atom. The summed E-state index contributed by atoms with van der Waals surface area (Å²) in [6.45, 7) is 3.20. The van der Waals surface area contributed by atoms with Crippen LogP contribution >= 0.6 is 0 Å². The zero-order chi connectivity index (χ0) is 9.68. The van der Waals surface area contributed by atoms with Crippen molar-refractivity contribution >= 4 is 5.78 Å². The third-order valence-corrected chi connectivity index (χ3v) is 2.15. The van der Waals surface area contributed by atoms with Gasteiger partial charge in [0.05, 0.1) is 6.61 Å². The van der Waals surface area contributed by atoms with Crippen molar-refractivity contribution in [3.05, 3.63) is 11.8 Å². The molecule has 0 aromatic heterocycles. The van der Waals surface area contributed by atoms with Crippen molar-refractivity contribution in [3.8, 4) is 0 Å². The van der Waals surface area contributed by atoms with Gasteiger partial charge < -0.3 is 10.5 Å². The minimum absolute atomic E-state index is 0.0950. The smallest absolute Gasteiger partial charge is 0.197 e. The lowest BCUT2D eigenvalue weighted by Crippen LogP contribution is -2.18. The molecule has 1 aliphatic rings. The normalized spacial score (nSPS) is 18.8. The van der Waals surface area contributed by atoms with Crippen molar-refractivity contribution in [2.75, 3.05) is 13.2 Å². The SMILES string of the molecule is CC(CN)CC(=O)C1=CCCCO1. The van der Waals surface area contributed by atoms with Gasteiger partial charge in [0.15, 0.2) is 11.5 Å². The van der Waals surface area contributed by atoms with Crippen molar-refractivity contribution in [2.24, 2.45) is 11.7 Å². The molecule has 0 spiro atoms. The van der Waals surface area contributed by atoms with Gasteiger partial charge in [0, 0.05) is 6.42 Å². The molecule has 74 valence electrons. The van der Waals surface area contributed by atoms with Crippen LogP contribution in [0.3, 0.4) is 0 Å². The van der Waals surface area contributed by atoms with Crippen molar-refractivity contribution in [3.63, 3.8) is 0 Å². The first-order valence-electron chi connectivity index (χ1n) is 4.80. The summed E-state index contributed by atoms with van der Waals surface area (Å²) < 4.78 is 5.26. The number of hydrogen-bond donors (Lipinski definition) is 1. The van der Waals surface area contributed by atoms with Crippen LogP contribution in [0, 0.1) is 5.92 Å². The van der Waals surface area contributed by atoms with Gasteiger partial charge in [-0.3, -0.25) is 4.79 Å². The van der Waals surface area contributed by atoms with Crippen LogP contribution in [0.5, 0.6) is 0 Å². The lowest BCUT2D eigenvalue weighted by atomic mass is 10.0. The van der Waals surface area contributed by atoms with Crippen LogP contribution in [-0.2, 0) is 9.53 Å². The van der Waals surface area contributed by atoms with Crippen LogP contribution in [0.25, 0.3) is 0 Å². The summed E-state index contributed by atoms with van der Waals surface area (Å²) in [5.74, 6) is 0.892. The van der Waals surface area contributed by atoms with E-state index in [1.807, 2.05) is 13.0 Å². The Hall–Kier alpha value is -0.830. The topological polar surface area (TPSA) is 52.3 Å².